The third-order valence-corrected chi connectivity index (χ3v) is 6.85. The van der Waals surface area contributed by atoms with E-state index < -0.39 is 0 Å². The number of hydrazone groups is 1. The van der Waals surface area contributed by atoms with Crippen molar-refractivity contribution in [2.45, 2.75) is 20.3 Å². The molecule has 1 saturated heterocycles. The highest BCUT2D eigenvalue weighted by atomic mass is 35.5. The predicted octanol–water partition coefficient (Wildman–Crippen LogP) is 3.44. The predicted molar refractivity (Wildman–Crippen MR) is 138 cm³/mol. The molecule has 1 aromatic carbocycles. The second kappa shape index (κ2) is 11.1. The quantitative estimate of drug-likeness (QED) is 0.502. The Morgan fingerprint density at radius 2 is 2.06 bits per heavy atom. The number of allylic oxidation sites excluding steroid dienone is 1. The molecule has 1 fully saturated rings. The van der Waals surface area contributed by atoms with Gasteiger partial charge >= 0.3 is 0 Å². The van der Waals surface area contributed by atoms with Gasteiger partial charge in [0.05, 0.1) is 29.2 Å². The van der Waals surface area contributed by atoms with Gasteiger partial charge in [0.15, 0.2) is 0 Å². The third kappa shape index (κ3) is 6.01. The molecule has 180 valence electrons. The van der Waals surface area contributed by atoms with E-state index in [2.05, 4.69) is 30.6 Å². The number of β-amino-alcohol motifs (C(OH)–C–C–N with tert-alkyl or cyclic N) is 1. The number of hydrogen-bond donors (Lipinski definition) is 3. The van der Waals surface area contributed by atoms with E-state index in [-0.39, 0.29) is 12.5 Å². The molecular weight excluding hydrogens is 474 g/mol. The van der Waals surface area contributed by atoms with Crippen LogP contribution in [0.25, 0.3) is 0 Å². The number of aliphatic hydroxyl groups excluding tert-OH is 1. The number of aromatic nitrogens is 1. The van der Waals surface area contributed by atoms with Crippen LogP contribution in [0.4, 0.5) is 10.8 Å². The molecule has 3 N–H and O–H groups in total. The summed E-state index contributed by atoms with van der Waals surface area (Å²) in [5.74, 6) is 0.639. The van der Waals surface area contributed by atoms with E-state index in [0.717, 1.165) is 49.0 Å². The highest BCUT2D eigenvalue weighted by Gasteiger charge is 2.21. The summed E-state index contributed by atoms with van der Waals surface area (Å²) in [6.07, 6.45) is 4.16. The third-order valence-electron chi connectivity index (χ3n) is 5.64. The van der Waals surface area contributed by atoms with Crippen molar-refractivity contribution in [1.82, 2.24) is 14.8 Å². The number of benzene rings is 1. The SMILES string of the molecule is CC1=NC(N2CCN(CCO)CC2)=CC(=NNc2ncc(C(=O)Nc3c(C)cccc3Cl)s2)C1. The molecule has 0 bridgehead atoms. The molecule has 0 spiro atoms. The topological polar surface area (TPSA) is 105 Å². The molecule has 1 aromatic heterocycles. The highest BCUT2D eigenvalue weighted by molar-refractivity contribution is 7.17. The smallest absolute Gasteiger partial charge is 0.267 e. The van der Waals surface area contributed by atoms with Gasteiger partial charge in [-0.15, -0.1) is 0 Å². The molecule has 2 aromatic rings. The van der Waals surface area contributed by atoms with Crippen molar-refractivity contribution in [2.75, 3.05) is 50.1 Å². The first-order valence-corrected chi connectivity index (χ1v) is 12.3. The number of carbonyl (C=O) groups is 1. The van der Waals surface area contributed by atoms with Crippen LogP contribution in [0.5, 0.6) is 0 Å². The van der Waals surface area contributed by atoms with Crippen molar-refractivity contribution in [3.8, 4) is 0 Å². The van der Waals surface area contributed by atoms with Crippen LogP contribution in [0, 0.1) is 6.92 Å². The maximum absolute atomic E-state index is 12.7. The Morgan fingerprint density at radius 3 is 2.79 bits per heavy atom. The number of thiazole rings is 1. The minimum atomic E-state index is -0.266. The Hall–Kier alpha value is -2.79. The molecule has 3 heterocycles. The van der Waals surface area contributed by atoms with Crippen LogP contribution in [-0.2, 0) is 0 Å². The molecule has 2 aliphatic rings. The maximum atomic E-state index is 12.7. The number of hydrogen-bond acceptors (Lipinski definition) is 9. The average Bonchev–Trinajstić information content (AvgIpc) is 3.30. The Bertz CT molecular complexity index is 1120. The summed E-state index contributed by atoms with van der Waals surface area (Å²) in [7, 11) is 0. The molecule has 2 aliphatic heterocycles. The van der Waals surface area contributed by atoms with Gasteiger partial charge in [0, 0.05) is 50.9 Å². The summed E-state index contributed by atoms with van der Waals surface area (Å²) < 4.78 is 0. The van der Waals surface area contributed by atoms with Crippen molar-refractivity contribution in [2.24, 2.45) is 10.1 Å². The summed E-state index contributed by atoms with van der Waals surface area (Å²) >= 11 is 7.44. The fourth-order valence-corrected chi connectivity index (χ4v) is 4.74. The molecule has 34 heavy (non-hydrogen) atoms. The monoisotopic (exact) mass is 501 g/mol. The summed E-state index contributed by atoms with van der Waals surface area (Å²) in [4.78, 5) is 26.6. The molecule has 4 rings (SSSR count). The van der Waals surface area contributed by atoms with Gasteiger partial charge in [-0.1, -0.05) is 35.1 Å². The number of carbonyl (C=O) groups excluding carboxylic acids is 1. The van der Waals surface area contributed by atoms with Crippen molar-refractivity contribution in [1.29, 1.82) is 0 Å². The van der Waals surface area contributed by atoms with E-state index in [4.69, 9.17) is 21.7 Å². The number of aliphatic hydroxyl groups is 1. The summed E-state index contributed by atoms with van der Waals surface area (Å²) in [6, 6.07) is 5.48. The fourth-order valence-electron chi connectivity index (χ4n) is 3.82. The van der Waals surface area contributed by atoms with E-state index in [1.807, 2.05) is 32.1 Å². The van der Waals surface area contributed by atoms with Crippen molar-refractivity contribution in [3.05, 3.63) is 51.8 Å². The van der Waals surface area contributed by atoms with E-state index in [9.17, 15) is 4.79 Å². The Kier molecular flexibility index (Phi) is 7.94. The molecule has 0 aliphatic carbocycles. The summed E-state index contributed by atoms with van der Waals surface area (Å²) in [5, 5.41) is 17.5. The van der Waals surface area contributed by atoms with Gasteiger partial charge in [0.25, 0.3) is 5.91 Å². The Labute approximate surface area is 207 Å². The lowest BCUT2D eigenvalue weighted by Crippen LogP contribution is -2.46. The largest absolute Gasteiger partial charge is 0.395 e. The van der Waals surface area contributed by atoms with Crippen molar-refractivity contribution in [3.63, 3.8) is 0 Å². The molecule has 9 nitrogen and oxygen atoms in total. The minimum Gasteiger partial charge on any atom is -0.395 e. The Morgan fingerprint density at radius 1 is 1.26 bits per heavy atom. The number of aryl methyl sites for hydroxylation is 1. The molecule has 0 unspecified atom stereocenters. The van der Waals surface area contributed by atoms with Gasteiger partial charge in [-0.05, 0) is 25.5 Å². The number of amides is 1. The van der Waals surface area contributed by atoms with Gasteiger partial charge in [0.2, 0.25) is 5.13 Å². The van der Waals surface area contributed by atoms with Crippen LogP contribution in [0.3, 0.4) is 0 Å². The van der Waals surface area contributed by atoms with E-state index in [1.54, 1.807) is 6.07 Å². The molecule has 0 atom stereocenters. The second-order valence-corrected chi connectivity index (χ2v) is 9.65. The first kappa shape index (κ1) is 24.3. The van der Waals surface area contributed by atoms with Gasteiger partial charge in [0.1, 0.15) is 10.7 Å². The lowest BCUT2D eigenvalue weighted by molar-refractivity contribution is 0.103. The van der Waals surface area contributed by atoms with Crippen LogP contribution < -0.4 is 10.7 Å². The van der Waals surface area contributed by atoms with Crippen LogP contribution in [0.15, 0.2) is 46.4 Å². The van der Waals surface area contributed by atoms with E-state index in [0.29, 0.717) is 33.7 Å². The lowest BCUT2D eigenvalue weighted by Gasteiger charge is -2.36. The number of nitrogens with one attached hydrogen (secondary N) is 2. The average molecular weight is 502 g/mol. The zero-order valence-electron chi connectivity index (χ0n) is 19.2. The number of halogens is 1. The van der Waals surface area contributed by atoms with Gasteiger partial charge < -0.3 is 15.3 Å². The van der Waals surface area contributed by atoms with E-state index in [1.165, 1.54) is 17.5 Å². The van der Waals surface area contributed by atoms with Crippen molar-refractivity contribution >= 4 is 51.1 Å². The van der Waals surface area contributed by atoms with Crippen LogP contribution in [0.2, 0.25) is 5.02 Å². The maximum Gasteiger partial charge on any atom is 0.267 e. The van der Waals surface area contributed by atoms with Crippen molar-refractivity contribution < 1.29 is 9.90 Å². The lowest BCUT2D eigenvalue weighted by atomic mass is 10.1. The highest BCUT2D eigenvalue weighted by Crippen LogP contribution is 2.27. The molecule has 0 saturated carbocycles. The first-order chi connectivity index (χ1) is 16.4. The van der Waals surface area contributed by atoms with Gasteiger partial charge in [-0.25, -0.2) is 9.98 Å². The van der Waals surface area contributed by atoms with Crippen LogP contribution in [0.1, 0.15) is 28.6 Å². The summed E-state index contributed by atoms with van der Waals surface area (Å²) in [5.41, 5.74) is 6.32. The zero-order chi connectivity index (χ0) is 24.1. The zero-order valence-corrected chi connectivity index (χ0v) is 20.8. The number of anilines is 2. The fraction of sp³-hybridized carbons (Fsp3) is 0.391. The van der Waals surface area contributed by atoms with Crippen LogP contribution >= 0.6 is 22.9 Å². The van der Waals surface area contributed by atoms with E-state index >= 15 is 0 Å². The number of rotatable bonds is 7. The number of aliphatic imine (C=N–C) groups is 1. The Balaban J connectivity index is 1.39. The first-order valence-electron chi connectivity index (χ1n) is 11.1. The molecule has 1 amide bonds. The van der Waals surface area contributed by atoms with Gasteiger partial charge in [-0.3, -0.25) is 15.1 Å². The number of nitrogens with zero attached hydrogens (tertiary/aromatic N) is 5. The van der Waals surface area contributed by atoms with Gasteiger partial charge in [-0.2, -0.15) is 5.10 Å². The standard InChI is InChI=1S/C23H28ClN7O2S/c1-15-4-3-5-18(24)21(15)27-22(33)19-14-25-23(34-19)29-28-17-12-16(2)26-20(13-17)31-8-6-30(7-9-31)10-11-32/h3-5,13-14,32H,6-12H2,1-2H3,(H,25,29)(H,27,33). The summed E-state index contributed by atoms with van der Waals surface area (Å²) in [6.45, 7) is 8.29. The number of piperazine rings is 1. The second-order valence-electron chi connectivity index (χ2n) is 8.21. The number of para-hydroxylation sites is 1. The molecule has 0 radical (unpaired) electrons. The van der Waals surface area contributed by atoms with Crippen LogP contribution in [-0.4, -0.2) is 76.6 Å². The molecular formula is C23H28ClN7O2S. The minimum absolute atomic E-state index is 0.183. The normalized spacial score (nSPS) is 18.0. The molecule has 11 heteroatoms.